The standard InChI is InChI=1S/C46H85NO7/c1-6-8-10-12-14-15-16-17-18-19-20-21-22-23-24-25-26-27-28-29-31-32-34-36-44(48)53-41-42(40-52-39-38-43(46(50)51)47(3,4)5)54-45(49)37-35-33-30-13-11-9-7-2/h20-21,23-24,42-43H,6-19,22,25-41H2,1-5H3/p+1/b21-20+,24-23+. The third kappa shape index (κ3) is 35.5. The van der Waals surface area contributed by atoms with Gasteiger partial charge in [-0.3, -0.25) is 9.59 Å². The van der Waals surface area contributed by atoms with Crippen molar-refractivity contribution in [2.75, 3.05) is 41.0 Å². The third-order valence-corrected chi connectivity index (χ3v) is 10.1. The molecule has 8 heteroatoms. The average Bonchev–Trinajstić information content (AvgIpc) is 3.12. The average molecular weight is 765 g/mol. The molecule has 2 atom stereocenters. The molecule has 0 aromatic heterocycles. The van der Waals surface area contributed by atoms with E-state index in [1.165, 1.54) is 116 Å². The normalized spacial score (nSPS) is 13.1. The van der Waals surface area contributed by atoms with Crippen molar-refractivity contribution in [2.24, 2.45) is 0 Å². The summed E-state index contributed by atoms with van der Waals surface area (Å²) in [4.78, 5) is 36.8. The van der Waals surface area contributed by atoms with Gasteiger partial charge in [-0.2, -0.15) is 0 Å². The Kier molecular flexibility index (Phi) is 36.2. The minimum Gasteiger partial charge on any atom is -0.477 e. The van der Waals surface area contributed by atoms with E-state index in [2.05, 4.69) is 38.2 Å². The molecule has 0 aromatic carbocycles. The van der Waals surface area contributed by atoms with E-state index in [1.807, 2.05) is 21.1 Å². The van der Waals surface area contributed by atoms with Crippen molar-refractivity contribution in [3.05, 3.63) is 24.3 Å². The van der Waals surface area contributed by atoms with Crippen LogP contribution >= 0.6 is 0 Å². The molecule has 0 rings (SSSR count). The number of carbonyl (C=O) groups excluding carboxylic acids is 2. The number of esters is 2. The van der Waals surface area contributed by atoms with Gasteiger partial charge in [-0.05, 0) is 44.9 Å². The van der Waals surface area contributed by atoms with Crippen LogP contribution in [0.15, 0.2) is 24.3 Å². The largest absolute Gasteiger partial charge is 0.477 e. The second-order valence-electron chi connectivity index (χ2n) is 16.3. The summed E-state index contributed by atoms with van der Waals surface area (Å²) in [5.41, 5.74) is 0. The zero-order chi connectivity index (χ0) is 40.0. The Morgan fingerprint density at radius 3 is 1.43 bits per heavy atom. The molecule has 0 saturated carbocycles. The number of carboxylic acids is 1. The summed E-state index contributed by atoms with van der Waals surface area (Å²) in [6.07, 6.45) is 41.0. The van der Waals surface area contributed by atoms with Gasteiger partial charge in [0.2, 0.25) is 0 Å². The highest BCUT2D eigenvalue weighted by Crippen LogP contribution is 2.14. The fraction of sp³-hybridized carbons (Fsp3) is 0.848. The molecule has 316 valence electrons. The van der Waals surface area contributed by atoms with Crippen LogP contribution < -0.4 is 0 Å². The van der Waals surface area contributed by atoms with Crippen molar-refractivity contribution in [1.82, 2.24) is 0 Å². The van der Waals surface area contributed by atoms with E-state index < -0.39 is 18.1 Å². The first-order chi connectivity index (χ1) is 26.1. The van der Waals surface area contributed by atoms with Crippen molar-refractivity contribution in [1.29, 1.82) is 0 Å². The van der Waals surface area contributed by atoms with Gasteiger partial charge >= 0.3 is 17.9 Å². The summed E-state index contributed by atoms with van der Waals surface area (Å²) in [5.74, 6) is -1.48. The quantitative estimate of drug-likeness (QED) is 0.0287. The Bertz CT molecular complexity index is 942. The van der Waals surface area contributed by atoms with Crippen LogP contribution in [0.25, 0.3) is 0 Å². The Labute approximate surface area is 332 Å². The molecule has 1 N–H and O–H groups in total. The molecule has 8 nitrogen and oxygen atoms in total. The Morgan fingerprint density at radius 1 is 0.556 bits per heavy atom. The zero-order valence-electron chi connectivity index (χ0n) is 35.9. The summed E-state index contributed by atoms with van der Waals surface area (Å²) in [6.45, 7) is 4.69. The van der Waals surface area contributed by atoms with Gasteiger partial charge in [0.1, 0.15) is 6.61 Å². The van der Waals surface area contributed by atoms with Crippen molar-refractivity contribution >= 4 is 17.9 Å². The number of ether oxygens (including phenoxy) is 3. The van der Waals surface area contributed by atoms with E-state index in [0.717, 1.165) is 51.4 Å². The highest BCUT2D eigenvalue weighted by atomic mass is 16.6. The van der Waals surface area contributed by atoms with Crippen LogP contribution in [-0.4, -0.2) is 80.6 Å². The number of hydrogen-bond donors (Lipinski definition) is 1. The molecular weight excluding hydrogens is 679 g/mol. The lowest BCUT2D eigenvalue weighted by atomic mass is 10.1. The number of likely N-dealkylation sites (N-methyl/N-ethyl adjacent to an activating group) is 1. The van der Waals surface area contributed by atoms with Crippen LogP contribution in [0.3, 0.4) is 0 Å². The van der Waals surface area contributed by atoms with Crippen LogP contribution in [0.4, 0.5) is 0 Å². The van der Waals surface area contributed by atoms with E-state index in [0.29, 0.717) is 19.3 Å². The molecular formula is C46H86NO7+. The number of carboxylic acid groups (broad SMARTS) is 1. The zero-order valence-corrected chi connectivity index (χ0v) is 35.9. The molecule has 0 fully saturated rings. The molecule has 2 unspecified atom stereocenters. The molecule has 0 radical (unpaired) electrons. The molecule has 0 saturated heterocycles. The van der Waals surface area contributed by atoms with Gasteiger partial charge in [0, 0.05) is 19.3 Å². The summed E-state index contributed by atoms with van der Waals surface area (Å²) in [7, 11) is 5.52. The number of nitrogens with zero attached hydrogens (tertiary/aromatic N) is 1. The number of rotatable bonds is 40. The maximum atomic E-state index is 12.6. The lowest BCUT2D eigenvalue weighted by molar-refractivity contribution is -0.887. The molecule has 0 amide bonds. The lowest BCUT2D eigenvalue weighted by Gasteiger charge is -2.31. The molecule has 0 aliphatic carbocycles. The van der Waals surface area contributed by atoms with Crippen molar-refractivity contribution in [2.45, 2.75) is 212 Å². The predicted octanol–water partition coefficient (Wildman–Crippen LogP) is 12.1. The maximum absolute atomic E-state index is 12.6. The Morgan fingerprint density at radius 2 is 0.981 bits per heavy atom. The number of aliphatic carboxylic acids is 1. The van der Waals surface area contributed by atoms with Crippen molar-refractivity contribution < 1.29 is 38.2 Å². The predicted molar refractivity (Wildman–Crippen MR) is 225 cm³/mol. The number of unbranched alkanes of at least 4 members (excludes halogenated alkanes) is 22. The van der Waals surface area contributed by atoms with E-state index in [-0.39, 0.29) is 36.2 Å². The van der Waals surface area contributed by atoms with Crippen LogP contribution in [-0.2, 0) is 28.6 Å². The summed E-state index contributed by atoms with van der Waals surface area (Å²) >= 11 is 0. The highest BCUT2D eigenvalue weighted by Gasteiger charge is 2.31. The minimum atomic E-state index is -0.876. The second-order valence-corrected chi connectivity index (χ2v) is 16.3. The fourth-order valence-corrected chi connectivity index (χ4v) is 6.59. The van der Waals surface area contributed by atoms with Crippen LogP contribution in [0.5, 0.6) is 0 Å². The summed E-state index contributed by atoms with van der Waals surface area (Å²) in [5, 5.41) is 9.58. The number of hydrogen-bond acceptors (Lipinski definition) is 6. The van der Waals surface area contributed by atoms with Crippen molar-refractivity contribution in [3.63, 3.8) is 0 Å². The summed E-state index contributed by atoms with van der Waals surface area (Å²) in [6, 6.07) is -0.611. The first kappa shape index (κ1) is 51.8. The number of allylic oxidation sites excluding steroid dienone is 4. The molecule has 0 bridgehead atoms. The molecule has 0 aliphatic rings. The van der Waals surface area contributed by atoms with Crippen LogP contribution in [0.2, 0.25) is 0 Å². The number of carbonyl (C=O) groups is 3. The lowest BCUT2D eigenvalue weighted by Crippen LogP contribution is -2.50. The highest BCUT2D eigenvalue weighted by molar-refractivity contribution is 5.72. The van der Waals surface area contributed by atoms with Crippen LogP contribution in [0, 0.1) is 0 Å². The van der Waals surface area contributed by atoms with Gasteiger partial charge in [0.25, 0.3) is 0 Å². The maximum Gasteiger partial charge on any atom is 0.362 e. The second kappa shape index (κ2) is 37.7. The molecule has 54 heavy (non-hydrogen) atoms. The van der Waals surface area contributed by atoms with E-state index in [1.54, 1.807) is 0 Å². The van der Waals surface area contributed by atoms with Crippen LogP contribution in [0.1, 0.15) is 200 Å². The first-order valence-corrected chi connectivity index (χ1v) is 22.4. The molecule has 0 aromatic rings. The van der Waals surface area contributed by atoms with Crippen molar-refractivity contribution in [3.8, 4) is 0 Å². The monoisotopic (exact) mass is 765 g/mol. The molecule has 0 heterocycles. The SMILES string of the molecule is CCCCCCCCCCC/C=C/C/C=C/CCCCCCCCCC(=O)OCC(COCCC(C(=O)O)[N+](C)(C)C)OC(=O)CCCCCCCCC. The fourth-order valence-electron chi connectivity index (χ4n) is 6.59. The van der Waals surface area contributed by atoms with Gasteiger partial charge in [-0.1, -0.05) is 160 Å². The number of quaternary nitrogens is 1. The molecule has 0 aliphatic heterocycles. The van der Waals surface area contributed by atoms with Gasteiger partial charge in [-0.15, -0.1) is 0 Å². The molecule has 0 spiro atoms. The van der Waals surface area contributed by atoms with E-state index in [9.17, 15) is 19.5 Å². The minimum absolute atomic E-state index is 0.0522. The first-order valence-electron chi connectivity index (χ1n) is 22.4. The van der Waals surface area contributed by atoms with Gasteiger partial charge in [0.15, 0.2) is 12.1 Å². The van der Waals surface area contributed by atoms with Gasteiger partial charge in [-0.25, -0.2) is 4.79 Å². The topological polar surface area (TPSA) is 99.1 Å². The van der Waals surface area contributed by atoms with Gasteiger partial charge in [0.05, 0.1) is 34.4 Å². The smallest absolute Gasteiger partial charge is 0.362 e. The Balaban J connectivity index is 4.12. The summed E-state index contributed by atoms with van der Waals surface area (Å²) < 4.78 is 17.2. The third-order valence-electron chi connectivity index (χ3n) is 10.1. The Hall–Kier alpha value is -2.19. The van der Waals surface area contributed by atoms with Gasteiger partial charge < -0.3 is 23.8 Å². The van der Waals surface area contributed by atoms with E-state index in [4.69, 9.17) is 14.2 Å². The van der Waals surface area contributed by atoms with E-state index >= 15 is 0 Å².